The highest BCUT2D eigenvalue weighted by Gasteiger charge is 2.21. The molecule has 1 atom stereocenters. The molecule has 0 bridgehead atoms. The van der Waals surface area contributed by atoms with Gasteiger partial charge in [0.15, 0.2) is 0 Å². The minimum Gasteiger partial charge on any atom is -0.481 e. The van der Waals surface area contributed by atoms with Gasteiger partial charge in [-0.05, 0) is 12.5 Å². The molecule has 1 amide bonds. The third kappa shape index (κ3) is 3.23. The molecular weight excluding hydrogens is 260 g/mol. The zero-order valence-electron chi connectivity index (χ0n) is 10.9. The van der Waals surface area contributed by atoms with E-state index in [9.17, 15) is 14.7 Å². The number of hydrogen-bond acceptors (Lipinski definition) is 4. The van der Waals surface area contributed by atoms with Crippen LogP contribution in [0.15, 0.2) is 40.9 Å². The van der Waals surface area contributed by atoms with E-state index < -0.39 is 17.8 Å². The maximum Gasteiger partial charge on any atom is 0.312 e. The molecule has 2 rings (SSSR count). The van der Waals surface area contributed by atoms with Gasteiger partial charge in [-0.2, -0.15) is 0 Å². The van der Waals surface area contributed by atoms with E-state index in [0.29, 0.717) is 11.3 Å². The van der Waals surface area contributed by atoms with E-state index in [1.54, 1.807) is 37.3 Å². The Kier molecular flexibility index (Phi) is 4.14. The molecule has 0 fully saturated rings. The average molecular weight is 274 g/mol. The van der Waals surface area contributed by atoms with E-state index in [1.165, 1.54) is 6.07 Å². The van der Waals surface area contributed by atoms with E-state index >= 15 is 0 Å². The molecular formula is C14H14N2O4. The van der Waals surface area contributed by atoms with Crippen LogP contribution in [0.1, 0.15) is 27.7 Å². The zero-order chi connectivity index (χ0) is 14.5. The molecule has 0 aliphatic carbocycles. The predicted octanol–water partition coefficient (Wildman–Crippen LogP) is 1.58. The predicted molar refractivity (Wildman–Crippen MR) is 70.4 cm³/mol. The second kappa shape index (κ2) is 6.01. The van der Waals surface area contributed by atoms with Crippen LogP contribution in [0.3, 0.4) is 0 Å². The Morgan fingerprint density at radius 2 is 2.05 bits per heavy atom. The number of benzene rings is 1. The maximum absolute atomic E-state index is 11.8. The first kappa shape index (κ1) is 13.8. The summed E-state index contributed by atoms with van der Waals surface area (Å²) in [6.07, 6.45) is 0. The number of rotatable bonds is 5. The highest BCUT2D eigenvalue weighted by molar-refractivity contribution is 5.91. The first-order chi connectivity index (χ1) is 9.58. The normalized spacial score (nSPS) is 11.8. The summed E-state index contributed by atoms with van der Waals surface area (Å²) in [5.41, 5.74) is 1.22. The minimum atomic E-state index is -0.995. The van der Waals surface area contributed by atoms with Crippen LogP contribution in [-0.2, 0) is 4.79 Å². The van der Waals surface area contributed by atoms with E-state index in [-0.39, 0.29) is 12.3 Å². The molecule has 1 aromatic carbocycles. The van der Waals surface area contributed by atoms with Crippen molar-refractivity contribution in [3.05, 3.63) is 53.4 Å². The number of aromatic nitrogens is 1. The van der Waals surface area contributed by atoms with Crippen molar-refractivity contribution < 1.29 is 19.2 Å². The van der Waals surface area contributed by atoms with Gasteiger partial charge in [0.05, 0.1) is 11.6 Å². The van der Waals surface area contributed by atoms with Gasteiger partial charge in [-0.15, -0.1) is 0 Å². The highest BCUT2D eigenvalue weighted by Crippen LogP contribution is 2.15. The van der Waals surface area contributed by atoms with Crippen molar-refractivity contribution in [3.63, 3.8) is 0 Å². The summed E-state index contributed by atoms with van der Waals surface area (Å²) in [4.78, 5) is 23.0. The number of nitrogens with one attached hydrogen (secondary N) is 1. The fraction of sp³-hybridized carbons (Fsp3) is 0.214. The van der Waals surface area contributed by atoms with Gasteiger partial charge in [0.25, 0.3) is 5.91 Å². The lowest BCUT2D eigenvalue weighted by Crippen LogP contribution is -2.31. The number of carboxylic acid groups (broad SMARTS) is 1. The zero-order valence-corrected chi connectivity index (χ0v) is 10.9. The fourth-order valence-electron chi connectivity index (χ4n) is 1.79. The lowest BCUT2D eigenvalue weighted by Gasteiger charge is -2.12. The molecule has 0 saturated heterocycles. The molecule has 0 saturated carbocycles. The number of carbonyl (C=O) groups is 2. The minimum absolute atomic E-state index is 0.0159. The highest BCUT2D eigenvalue weighted by atomic mass is 16.5. The molecule has 2 aromatic rings. The molecule has 20 heavy (non-hydrogen) atoms. The van der Waals surface area contributed by atoms with Gasteiger partial charge in [-0.25, -0.2) is 0 Å². The molecule has 1 aromatic heterocycles. The summed E-state index contributed by atoms with van der Waals surface area (Å²) in [7, 11) is 0. The molecule has 0 spiro atoms. The van der Waals surface area contributed by atoms with Crippen LogP contribution in [0, 0.1) is 6.92 Å². The number of aryl methyl sites for hydroxylation is 1. The van der Waals surface area contributed by atoms with Gasteiger partial charge in [0.2, 0.25) is 5.76 Å². The average Bonchev–Trinajstić information content (AvgIpc) is 2.86. The number of amides is 1. The van der Waals surface area contributed by atoms with Gasteiger partial charge in [0, 0.05) is 12.6 Å². The van der Waals surface area contributed by atoms with E-state index in [1.807, 2.05) is 0 Å². The Morgan fingerprint density at radius 1 is 1.35 bits per heavy atom. The Hall–Kier alpha value is -2.63. The molecule has 6 nitrogen and oxygen atoms in total. The lowest BCUT2D eigenvalue weighted by molar-refractivity contribution is -0.138. The summed E-state index contributed by atoms with van der Waals surface area (Å²) in [5, 5.41) is 15.4. The van der Waals surface area contributed by atoms with Crippen LogP contribution in [0.4, 0.5) is 0 Å². The number of aliphatic carboxylic acids is 1. The van der Waals surface area contributed by atoms with Gasteiger partial charge in [0.1, 0.15) is 0 Å². The quantitative estimate of drug-likeness (QED) is 0.863. The van der Waals surface area contributed by atoms with Gasteiger partial charge >= 0.3 is 5.97 Å². The van der Waals surface area contributed by atoms with Crippen LogP contribution < -0.4 is 5.32 Å². The molecule has 0 aliphatic heterocycles. The molecule has 104 valence electrons. The van der Waals surface area contributed by atoms with Crippen molar-refractivity contribution in [1.29, 1.82) is 0 Å². The van der Waals surface area contributed by atoms with Crippen molar-refractivity contribution in [3.8, 4) is 0 Å². The summed E-state index contributed by atoms with van der Waals surface area (Å²) in [6, 6.07) is 10.2. The van der Waals surface area contributed by atoms with Crippen molar-refractivity contribution in [2.24, 2.45) is 0 Å². The van der Waals surface area contributed by atoms with Crippen molar-refractivity contribution in [2.45, 2.75) is 12.8 Å². The number of carbonyl (C=O) groups excluding carboxylic acids is 1. The standard InChI is InChI=1S/C14H14N2O4/c1-9-7-12(20-16-9)13(17)15-8-11(14(18)19)10-5-3-2-4-6-10/h2-7,11H,8H2,1H3,(H,15,17)(H,18,19). The van der Waals surface area contributed by atoms with Crippen LogP contribution in [0.2, 0.25) is 0 Å². The fourth-order valence-corrected chi connectivity index (χ4v) is 1.79. The van der Waals surface area contributed by atoms with E-state index in [0.717, 1.165) is 0 Å². The Morgan fingerprint density at radius 3 is 2.60 bits per heavy atom. The van der Waals surface area contributed by atoms with Gasteiger partial charge in [-0.1, -0.05) is 35.5 Å². The van der Waals surface area contributed by atoms with Gasteiger partial charge < -0.3 is 14.9 Å². The van der Waals surface area contributed by atoms with Crippen LogP contribution in [-0.4, -0.2) is 28.7 Å². The number of carboxylic acids is 1. The third-order valence-electron chi connectivity index (χ3n) is 2.82. The molecule has 2 N–H and O–H groups in total. The number of hydrogen-bond donors (Lipinski definition) is 2. The van der Waals surface area contributed by atoms with Crippen molar-refractivity contribution in [2.75, 3.05) is 6.54 Å². The molecule has 1 unspecified atom stereocenters. The summed E-state index contributed by atoms with van der Waals surface area (Å²) in [6.45, 7) is 1.68. The first-order valence-electron chi connectivity index (χ1n) is 6.07. The van der Waals surface area contributed by atoms with Crippen molar-refractivity contribution in [1.82, 2.24) is 10.5 Å². The summed E-state index contributed by atoms with van der Waals surface area (Å²) < 4.78 is 4.82. The molecule has 1 heterocycles. The smallest absolute Gasteiger partial charge is 0.312 e. The lowest BCUT2D eigenvalue weighted by atomic mass is 9.99. The van der Waals surface area contributed by atoms with E-state index in [4.69, 9.17) is 4.52 Å². The molecule has 0 aliphatic rings. The van der Waals surface area contributed by atoms with Crippen LogP contribution in [0.5, 0.6) is 0 Å². The maximum atomic E-state index is 11.8. The third-order valence-corrected chi connectivity index (χ3v) is 2.82. The van der Waals surface area contributed by atoms with E-state index in [2.05, 4.69) is 10.5 Å². The number of nitrogens with zero attached hydrogens (tertiary/aromatic N) is 1. The van der Waals surface area contributed by atoms with Crippen LogP contribution >= 0.6 is 0 Å². The SMILES string of the molecule is Cc1cc(C(=O)NCC(C(=O)O)c2ccccc2)on1. The largest absolute Gasteiger partial charge is 0.481 e. The summed E-state index contributed by atoms with van der Waals surface area (Å²) in [5.74, 6) is -2.21. The Balaban J connectivity index is 2.03. The Bertz CT molecular complexity index is 607. The molecule has 6 heteroatoms. The Labute approximate surface area is 115 Å². The van der Waals surface area contributed by atoms with Crippen molar-refractivity contribution >= 4 is 11.9 Å². The first-order valence-corrected chi connectivity index (χ1v) is 6.07. The second-order valence-corrected chi connectivity index (χ2v) is 4.34. The van der Waals surface area contributed by atoms with Crippen LogP contribution in [0.25, 0.3) is 0 Å². The second-order valence-electron chi connectivity index (χ2n) is 4.34. The summed E-state index contributed by atoms with van der Waals surface area (Å²) >= 11 is 0. The topological polar surface area (TPSA) is 92.4 Å². The monoisotopic (exact) mass is 274 g/mol. The van der Waals surface area contributed by atoms with Gasteiger partial charge in [-0.3, -0.25) is 9.59 Å². The molecule has 0 radical (unpaired) electrons.